The number of ether oxygens (including phenoxy) is 3. The van der Waals surface area contributed by atoms with E-state index in [1.807, 2.05) is 0 Å². The number of Topliss-reactive ketones (excluding diaryl/α,β-unsaturated/α-hetero) is 1. The molecule has 0 amide bonds. The molecular formula is C33H28F4N2O6. The van der Waals surface area contributed by atoms with E-state index in [1.54, 1.807) is 24.3 Å². The largest absolute Gasteiger partial charge is 0.497 e. The zero-order valence-corrected chi connectivity index (χ0v) is 24.4. The molecule has 0 saturated heterocycles. The Bertz CT molecular complexity index is 1730. The maximum atomic E-state index is 15.5. The minimum atomic E-state index is -4.73. The molecule has 3 aromatic rings. The van der Waals surface area contributed by atoms with E-state index in [1.165, 1.54) is 36.3 Å². The Morgan fingerprint density at radius 1 is 0.933 bits per heavy atom. The van der Waals surface area contributed by atoms with Crippen LogP contribution in [0.4, 0.5) is 23.2 Å². The van der Waals surface area contributed by atoms with Gasteiger partial charge in [-0.05, 0) is 48.4 Å². The number of halogens is 4. The molecule has 2 aliphatic rings. The molecule has 8 nitrogen and oxygen atoms in total. The highest BCUT2D eigenvalue weighted by Crippen LogP contribution is 2.52. The van der Waals surface area contributed by atoms with Gasteiger partial charge in [0, 0.05) is 28.4 Å². The van der Waals surface area contributed by atoms with E-state index in [0.29, 0.717) is 11.3 Å². The molecule has 0 radical (unpaired) electrons. The van der Waals surface area contributed by atoms with Gasteiger partial charge in [0.2, 0.25) is 0 Å². The van der Waals surface area contributed by atoms with Gasteiger partial charge in [-0.2, -0.15) is 13.2 Å². The third-order valence-corrected chi connectivity index (χ3v) is 8.09. The second-order valence-electron chi connectivity index (χ2n) is 10.4. The molecule has 3 unspecified atom stereocenters. The molecule has 3 aromatic carbocycles. The first kappa shape index (κ1) is 31.3. The number of allylic oxidation sites excluding steroid dienone is 2. The molecule has 0 spiro atoms. The molecule has 2 N–H and O–H groups in total. The zero-order chi connectivity index (χ0) is 32.6. The quantitative estimate of drug-likeness (QED) is 0.215. The number of nitrogens with two attached hydrogens (primary N) is 1. The van der Waals surface area contributed by atoms with E-state index in [-0.39, 0.29) is 40.3 Å². The highest BCUT2D eigenvalue weighted by molar-refractivity contribution is 6.14. The van der Waals surface area contributed by atoms with Crippen LogP contribution in [0.3, 0.4) is 0 Å². The third kappa shape index (κ3) is 5.52. The van der Waals surface area contributed by atoms with Gasteiger partial charge >= 0.3 is 18.1 Å². The van der Waals surface area contributed by atoms with Crippen molar-refractivity contribution >= 4 is 23.4 Å². The highest BCUT2D eigenvalue weighted by Gasteiger charge is 2.52. The van der Waals surface area contributed by atoms with Crippen molar-refractivity contribution in [2.45, 2.75) is 24.4 Å². The lowest BCUT2D eigenvalue weighted by Crippen LogP contribution is -2.46. The first-order valence-corrected chi connectivity index (χ1v) is 13.7. The zero-order valence-electron chi connectivity index (χ0n) is 24.4. The molecule has 12 heteroatoms. The van der Waals surface area contributed by atoms with Crippen LogP contribution in [0.15, 0.2) is 95.5 Å². The standard InChI is InChI=1S/C33H28F4N2O6/c1-43-20-13-11-17(12-14-20)22-16-24-27(29(40)26(22)31(41)44-2)25(21-9-4-5-10-23(21)34)28(32(42)45-3)30(38)39(24)19-8-6-7-18(15-19)33(35,36)37/h4-15,22,25-26H,16,38H2,1-3H3. The smallest absolute Gasteiger partial charge is 0.416 e. The predicted molar refractivity (Wildman–Crippen MR) is 154 cm³/mol. The van der Waals surface area contributed by atoms with Gasteiger partial charge in [-0.3, -0.25) is 14.5 Å². The van der Waals surface area contributed by atoms with Crippen molar-refractivity contribution in [3.05, 3.63) is 118 Å². The van der Waals surface area contributed by atoms with Crippen LogP contribution in [0.5, 0.6) is 5.75 Å². The number of ketones is 1. The van der Waals surface area contributed by atoms with Gasteiger partial charge in [0.25, 0.3) is 0 Å². The highest BCUT2D eigenvalue weighted by atomic mass is 19.4. The van der Waals surface area contributed by atoms with Gasteiger partial charge in [-0.15, -0.1) is 0 Å². The van der Waals surface area contributed by atoms with Crippen LogP contribution >= 0.6 is 0 Å². The normalized spacial score (nSPS) is 20.1. The number of carbonyl (C=O) groups is 3. The maximum absolute atomic E-state index is 15.5. The monoisotopic (exact) mass is 624 g/mol. The van der Waals surface area contributed by atoms with Gasteiger partial charge < -0.3 is 19.9 Å². The Morgan fingerprint density at radius 2 is 1.62 bits per heavy atom. The van der Waals surface area contributed by atoms with E-state index in [2.05, 4.69) is 0 Å². The first-order chi connectivity index (χ1) is 21.4. The van der Waals surface area contributed by atoms with Gasteiger partial charge in [-0.25, -0.2) is 9.18 Å². The number of carbonyl (C=O) groups excluding carboxylic acids is 3. The number of rotatable bonds is 6. The summed E-state index contributed by atoms with van der Waals surface area (Å²) in [7, 11) is 3.64. The van der Waals surface area contributed by atoms with Crippen molar-refractivity contribution in [3.8, 4) is 5.75 Å². The number of anilines is 1. The molecule has 234 valence electrons. The molecule has 3 atom stereocenters. The number of hydrogen-bond donors (Lipinski definition) is 1. The Morgan fingerprint density at radius 3 is 2.22 bits per heavy atom. The van der Waals surface area contributed by atoms with E-state index in [4.69, 9.17) is 19.9 Å². The van der Waals surface area contributed by atoms with Gasteiger partial charge in [-0.1, -0.05) is 36.4 Å². The molecule has 1 aliphatic carbocycles. The summed E-state index contributed by atoms with van der Waals surface area (Å²) < 4.78 is 72.2. The fourth-order valence-electron chi connectivity index (χ4n) is 6.04. The van der Waals surface area contributed by atoms with Gasteiger partial charge in [0.05, 0.1) is 38.4 Å². The van der Waals surface area contributed by atoms with Crippen molar-refractivity contribution in [1.29, 1.82) is 0 Å². The third-order valence-electron chi connectivity index (χ3n) is 8.09. The molecule has 0 bridgehead atoms. The van der Waals surface area contributed by atoms with Crippen molar-refractivity contribution in [3.63, 3.8) is 0 Å². The molecular weight excluding hydrogens is 596 g/mol. The van der Waals surface area contributed by atoms with Crippen LogP contribution in [0, 0.1) is 11.7 Å². The Kier molecular flexibility index (Phi) is 8.42. The fraction of sp³-hybridized carbons (Fsp3) is 0.242. The average molecular weight is 625 g/mol. The minimum absolute atomic E-state index is 0.0960. The summed E-state index contributed by atoms with van der Waals surface area (Å²) in [6, 6.07) is 16.2. The summed E-state index contributed by atoms with van der Waals surface area (Å²) in [5.74, 6) is -7.13. The predicted octanol–water partition coefficient (Wildman–Crippen LogP) is 5.60. The Balaban J connectivity index is 1.84. The number of methoxy groups -OCH3 is 3. The Hall–Kier alpha value is -5.13. The lowest BCUT2D eigenvalue weighted by Gasteiger charge is -2.44. The molecule has 5 rings (SSSR count). The van der Waals surface area contributed by atoms with Gasteiger partial charge in [0.1, 0.15) is 23.3 Å². The van der Waals surface area contributed by atoms with Crippen LogP contribution in [0.25, 0.3) is 0 Å². The summed E-state index contributed by atoms with van der Waals surface area (Å²) in [6.45, 7) is 0. The topological polar surface area (TPSA) is 108 Å². The van der Waals surface area contributed by atoms with Crippen molar-refractivity contribution < 1.29 is 46.2 Å². The van der Waals surface area contributed by atoms with Crippen molar-refractivity contribution in [2.75, 3.05) is 26.2 Å². The van der Waals surface area contributed by atoms with Crippen molar-refractivity contribution in [2.24, 2.45) is 11.7 Å². The number of benzene rings is 3. The molecule has 0 aromatic heterocycles. The van der Waals surface area contributed by atoms with E-state index < -0.39 is 53.0 Å². The van der Waals surface area contributed by atoms with Crippen LogP contribution in [-0.2, 0) is 30.0 Å². The molecule has 0 fully saturated rings. The lowest BCUT2D eigenvalue weighted by atomic mass is 9.67. The number of nitrogens with zero attached hydrogens (tertiary/aromatic N) is 1. The average Bonchev–Trinajstić information content (AvgIpc) is 3.03. The molecule has 1 heterocycles. The molecule has 45 heavy (non-hydrogen) atoms. The Labute approximate surface area is 255 Å². The summed E-state index contributed by atoms with van der Waals surface area (Å²) >= 11 is 0. The van der Waals surface area contributed by atoms with Crippen LogP contribution in [-0.4, -0.2) is 39.1 Å². The fourth-order valence-corrected chi connectivity index (χ4v) is 6.04. The summed E-state index contributed by atoms with van der Waals surface area (Å²) in [4.78, 5) is 42.4. The number of esters is 2. The van der Waals surface area contributed by atoms with Crippen LogP contribution in [0.2, 0.25) is 0 Å². The number of alkyl halides is 3. The van der Waals surface area contributed by atoms with Gasteiger partial charge in [0.15, 0.2) is 5.78 Å². The maximum Gasteiger partial charge on any atom is 0.416 e. The first-order valence-electron chi connectivity index (χ1n) is 13.7. The SMILES string of the molecule is COC(=O)C1=C(N)N(c2cccc(C(F)(F)F)c2)C2=C(C(=O)C(C(=O)OC)C(c3ccc(OC)cc3)C2)C1c1ccccc1F. The summed E-state index contributed by atoms with van der Waals surface area (Å²) in [5, 5.41) is 0. The van der Waals surface area contributed by atoms with Crippen LogP contribution in [0.1, 0.15) is 34.9 Å². The van der Waals surface area contributed by atoms with E-state index in [0.717, 1.165) is 38.5 Å². The number of hydrogen-bond acceptors (Lipinski definition) is 8. The summed E-state index contributed by atoms with van der Waals surface area (Å²) in [6.07, 6.45) is -4.85. The van der Waals surface area contributed by atoms with Crippen molar-refractivity contribution in [1.82, 2.24) is 0 Å². The van der Waals surface area contributed by atoms with Crippen LogP contribution < -0.4 is 15.4 Å². The minimum Gasteiger partial charge on any atom is -0.497 e. The lowest BCUT2D eigenvalue weighted by molar-refractivity contribution is -0.150. The second-order valence-corrected chi connectivity index (χ2v) is 10.4. The second kappa shape index (κ2) is 12.1. The molecule has 0 saturated carbocycles. The summed E-state index contributed by atoms with van der Waals surface area (Å²) in [5.41, 5.74) is 5.44. The van der Waals surface area contributed by atoms with E-state index in [9.17, 15) is 27.6 Å². The van der Waals surface area contributed by atoms with E-state index >= 15 is 4.39 Å². The molecule has 1 aliphatic heterocycles.